The van der Waals surface area contributed by atoms with Crippen molar-refractivity contribution >= 4 is 34.9 Å². The molecule has 0 fully saturated rings. The molecule has 0 bridgehead atoms. The molecular weight excluding hydrogens is 352 g/mol. The largest absolute Gasteiger partial charge is 0.484 e. The summed E-state index contributed by atoms with van der Waals surface area (Å²) < 4.78 is 10.3. The molecule has 0 aromatic heterocycles. The van der Waals surface area contributed by atoms with Crippen LogP contribution >= 0.6 is 12.2 Å². The highest BCUT2D eigenvalue weighted by Gasteiger charge is 2.07. The number of para-hydroxylation sites is 1. The van der Waals surface area contributed by atoms with E-state index in [-0.39, 0.29) is 30.0 Å². The number of hydrogen-bond donors (Lipinski definition) is 2. The van der Waals surface area contributed by atoms with Gasteiger partial charge in [0.1, 0.15) is 5.75 Å². The number of rotatable bonds is 7. The third kappa shape index (κ3) is 6.90. The standard InChI is InChI=1S/C19H20N2O4S/c1-2-24-18(23)12-14-8-10-15(11-9-14)20-19(26)21-17(22)13-25-16-6-4-3-5-7-16/h3-11H,2,12-13H2,1H3,(H2,20,21,22,26). The monoisotopic (exact) mass is 372 g/mol. The smallest absolute Gasteiger partial charge is 0.310 e. The third-order valence-corrected chi connectivity index (χ3v) is 3.44. The van der Waals surface area contributed by atoms with Gasteiger partial charge in [0.05, 0.1) is 13.0 Å². The Morgan fingerprint density at radius 1 is 1.04 bits per heavy atom. The lowest BCUT2D eigenvalue weighted by Crippen LogP contribution is -2.37. The fraction of sp³-hybridized carbons (Fsp3) is 0.211. The second-order valence-corrected chi connectivity index (χ2v) is 5.69. The van der Waals surface area contributed by atoms with Gasteiger partial charge in [0.2, 0.25) is 0 Å². The Morgan fingerprint density at radius 2 is 1.73 bits per heavy atom. The topological polar surface area (TPSA) is 76.7 Å². The van der Waals surface area contributed by atoms with Gasteiger partial charge in [-0.05, 0) is 49.0 Å². The van der Waals surface area contributed by atoms with Crippen LogP contribution in [0, 0.1) is 0 Å². The minimum Gasteiger partial charge on any atom is -0.484 e. The van der Waals surface area contributed by atoms with Crippen molar-refractivity contribution in [1.82, 2.24) is 5.32 Å². The number of esters is 1. The van der Waals surface area contributed by atoms with E-state index in [4.69, 9.17) is 21.7 Å². The molecule has 0 atom stereocenters. The Bertz CT molecular complexity index is 748. The Hall–Kier alpha value is -2.93. The van der Waals surface area contributed by atoms with E-state index in [0.29, 0.717) is 18.0 Å². The third-order valence-electron chi connectivity index (χ3n) is 3.23. The van der Waals surface area contributed by atoms with Crippen LogP contribution in [-0.4, -0.2) is 30.2 Å². The quantitative estimate of drug-likeness (QED) is 0.575. The molecule has 0 spiro atoms. The molecule has 6 nitrogen and oxygen atoms in total. The molecule has 0 unspecified atom stereocenters. The van der Waals surface area contributed by atoms with E-state index in [2.05, 4.69) is 10.6 Å². The molecule has 136 valence electrons. The first-order valence-corrected chi connectivity index (χ1v) is 8.51. The number of nitrogens with one attached hydrogen (secondary N) is 2. The summed E-state index contributed by atoms with van der Waals surface area (Å²) in [5, 5.41) is 5.62. The van der Waals surface area contributed by atoms with Crippen LogP contribution in [0.1, 0.15) is 12.5 Å². The molecule has 2 rings (SSSR count). The molecule has 0 aliphatic heterocycles. The second kappa shape index (κ2) is 10.1. The van der Waals surface area contributed by atoms with Crippen molar-refractivity contribution in [3.05, 3.63) is 60.2 Å². The Kier molecular flexibility index (Phi) is 7.57. The minimum atomic E-state index is -0.356. The van der Waals surface area contributed by atoms with Crippen LogP contribution in [0.25, 0.3) is 0 Å². The zero-order chi connectivity index (χ0) is 18.8. The predicted molar refractivity (Wildman–Crippen MR) is 103 cm³/mol. The predicted octanol–water partition coefficient (Wildman–Crippen LogP) is 2.68. The number of carbonyl (C=O) groups excluding carboxylic acids is 2. The molecule has 0 saturated carbocycles. The molecule has 26 heavy (non-hydrogen) atoms. The molecule has 0 radical (unpaired) electrons. The van der Waals surface area contributed by atoms with E-state index >= 15 is 0 Å². The molecule has 2 N–H and O–H groups in total. The zero-order valence-corrected chi connectivity index (χ0v) is 15.2. The van der Waals surface area contributed by atoms with Gasteiger partial charge in [0, 0.05) is 5.69 Å². The highest BCUT2D eigenvalue weighted by Crippen LogP contribution is 2.11. The maximum absolute atomic E-state index is 11.8. The van der Waals surface area contributed by atoms with Gasteiger partial charge in [-0.25, -0.2) is 0 Å². The van der Waals surface area contributed by atoms with Crippen LogP contribution in [0.4, 0.5) is 5.69 Å². The van der Waals surface area contributed by atoms with Gasteiger partial charge in [0.25, 0.3) is 5.91 Å². The fourth-order valence-corrected chi connectivity index (χ4v) is 2.31. The number of benzene rings is 2. The number of ether oxygens (including phenoxy) is 2. The summed E-state index contributed by atoms with van der Waals surface area (Å²) in [6.45, 7) is 2.00. The van der Waals surface area contributed by atoms with E-state index in [1.54, 1.807) is 43.3 Å². The van der Waals surface area contributed by atoms with Crippen molar-refractivity contribution in [3.63, 3.8) is 0 Å². The number of anilines is 1. The zero-order valence-electron chi connectivity index (χ0n) is 14.4. The molecule has 0 aliphatic rings. The number of hydrogen-bond acceptors (Lipinski definition) is 5. The lowest BCUT2D eigenvalue weighted by molar-refractivity contribution is -0.142. The van der Waals surface area contributed by atoms with Crippen LogP contribution in [0.5, 0.6) is 5.75 Å². The van der Waals surface area contributed by atoms with Crippen LogP contribution in [0.15, 0.2) is 54.6 Å². The molecule has 1 amide bonds. The van der Waals surface area contributed by atoms with E-state index in [1.165, 1.54) is 0 Å². The van der Waals surface area contributed by atoms with E-state index in [0.717, 1.165) is 5.56 Å². The van der Waals surface area contributed by atoms with E-state index < -0.39 is 0 Å². The van der Waals surface area contributed by atoms with Crippen LogP contribution in [-0.2, 0) is 20.7 Å². The first kappa shape index (κ1) is 19.4. The van der Waals surface area contributed by atoms with Gasteiger partial charge in [-0.2, -0.15) is 0 Å². The van der Waals surface area contributed by atoms with Gasteiger partial charge in [-0.1, -0.05) is 30.3 Å². The van der Waals surface area contributed by atoms with Crippen molar-refractivity contribution < 1.29 is 19.1 Å². The van der Waals surface area contributed by atoms with Gasteiger partial charge in [-0.15, -0.1) is 0 Å². The SMILES string of the molecule is CCOC(=O)Cc1ccc(NC(=S)NC(=O)COc2ccccc2)cc1. The van der Waals surface area contributed by atoms with Crippen LogP contribution < -0.4 is 15.4 Å². The van der Waals surface area contributed by atoms with E-state index in [9.17, 15) is 9.59 Å². The highest BCUT2D eigenvalue weighted by atomic mass is 32.1. The van der Waals surface area contributed by atoms with Crippen LogP contribution in [0.3, 0.4) is 0 Å². The Labute approximate surface area is 157 Å². The summed E-state index contributed by atoms with van der Waals surface area (Å²) >= 11 is 5.11. The van der Waals surface area contributed by atoms with Gasteiger partial charge in [0.15, 0.2) is 11.7 Å². The van der Waals surface area contributed by atoms with Crippen molar-refractivity contribution in [2.45, 2.75) is 13.3 Å². The van der Waals surface area contributed by atoms with Crippen molar-refractivity contribution in [2.75, 3.05) is 18.5 Å². The molecule has 7 heteroatoms. The summed E-state index contributed by atoms with van der Waals surface area (Å²) in [7, 11) is 0. The minimum absolute atomic E-state index is 0.135. The number of amides is 1. The summed E-state index contributed by atoms with van der Waals surface area (Å²) in [5.41, 5.74) is 1.53. The number of thiocarbonyl (C=S) groups is 1. The van der Waals surface area contributed by atoms with Crippen molar-refractivity contribution in [1.29, 1.82) is 0 Å². The molecule has 0 heterocycles. The normalized spacial score (nSPS) is 9.88. The fourth-order valence-electron chi connectivity index (χ4n) is 2.08. The maximum atomic E-state index is 11.8. The molecular formula is C19H20N2O4S. The van der Waals surface area contributed by atoms with Crippen molar-refractivity contribution in [2.24, 2.45) is 0 Å². The van der Waals surface area contributed by atoms with Gasteiger partial charge in [-0.3, -0.25) is 14.9 Å². The summed E-state index contributed by atoms with van der Waals surface area (Å²) in [6.07, 6.45) is 0.214. The average molecular weight is 372 g/mol. The lowest BCUT2D eigenvalue weighted by Gasteiger charge is -2.11. The maximum Gasteiger partial charge on any atom is 0.310 e. The van der Waals surface area contributed by atoms with E-state index in [1.807, 2.05) is 18.2 Å². The number of carbonyl (C=O) groups is 2. The molecule has 0 aliphatic carbocycles. The summed E-state index contributed by atoms with van der Waals surface area (Å²) in [5.74, 6) is -0.0154. The van der Waals surface area contributed by atoms with Gasteiger partial charge < -0.3 is 14.8 Å². The highest BCUT2D eigenvalue weighted by molar-refractivity contribution is 7.80. The second-order valence-electron chi connectivity index (χ2n) is 5.28. The molecule has 0 saturated heterocycles. The lowest BCUT2D eigenvalue weighted by atomic mass is 10.1. The van der Waals surface area contributed by atoms with Gasteiger partial charge >= 0.3 is 5.97 Å². The molecule has 2 aromatic carbocycles. The average Bonchev–Trinajstić information content (AvgIpc) is 2.62. The summed E-state index contributed by atoms with van der Waals surface area (Å²) in [4.78, 5) is 23.3. The molecule has 2 aromatic rings. The Morgan fingerprint density at radius 3 is 2.38 bits per heavy atom. The first-order valence-electron chi connectivity index (χ1n) is 8.10. The Balaban J connectivity index is 1.76. The summed E-state index contributed by atoms with van der Waals surface area (Å²) in [6, 6.07) is 16.2. The first-order chi connectivity index (χ1) is 12.6. The van der Waals surface area contributed by atoms with Crippen molar-refractivity contribution in [3.8, 4) is 5.75 Å². The van der Waals surface area contributed by atoms with Crippen LogP contribution in [0.2, 0.25) is 0 Å².